The van der Waals surface area contributed by atoms with Crippen LogP contribution in [0.5, 0.6) is 5.75 Å². The maximum atomic E-state index is 12.9. The average Bonchev–Trinajstić information content (AvgIpc) is 2.84. The first kappa shape index (κ1) is 25.8. The van der Waals surface area contributed by atoms with Crippen LogP contribution in [0.2, 0.25) is 0 Å². The zero-order chi connectivity index (χ0) is 25.3. The number of carbonyl (C=O) groups is 2. The average molecular weight is 485 g/mol. The Balaban J connectivity index is 1.67. The SMILES string of the molecule is CCCCCCOc1ccccc1C(=O)Nc1cccc(C(=O)Nc2cccc(C(F)(F)F)c2)c1. The van der Waals surface area contributed by atoms with E-state index in [1.165, 1.54) is 24.3 Å². The summed E-state index contributed by atoms with van der Waals surface area (Å²) >= 11 is 0. The first-order valence-electron chi connectivity index (χ1n) is 11.4. The van der Waals surface area contributed by atoms with E-state index in [1.807, 2.05) is 0 Å². The number of halogens is 3. The molecule has 0 atom stereocenters. The number of hydrogen-bond donors (Lipinski definition) is 2. The first-order chi connectivity index (χ1) is 16.8. The van der Waals surface area contributed by atoms with E-state index in [4.69, 9.17) is 4.74 Å². The molecule has 5 nitrogen and oxygen atoms in total. The largest absolute Gasteiger partial charge is 0.493 e. The summed E-state index contributed by atoms with van der Waals surface area (Å²) in [6, 6.07) is 17.4. The molecule has 0 aromatic heterocycles. The Morgan fingerprint density at radius 3 is 2.23 bits per heavy atom. The zero-order valence-electron chi connectivity index (χ0n) is 19.3. The van der Waals surface area contributed by atoms with Crippen LogP contribution in [0.4, 0.5) is 24.5 Å². The molecule has 0 spiro atoms. The van der Waals surface area contributed by atoms with Crippen LogP contribution >= 0.6 is 0 Å². The lowest BCUT2D eigenvalue weighted by Crippen LogP contribution is -2.16. The van der Waals surface area contributed by atoms with Gasteiger partial charge < -0.3 is 15.4 Å². The predicted octanol–water partition coefficient (Wildman–Crippen LogP) is 7.17. The quantitative estimate of drug-likeness (QED) is 0.300. The summed E-state index contributed by atoms with van der Waals surface area (Å²) in [6.07, 6.45) is -0.313. The van der Waals surface area contributed by atoms with E-state index < -0.39 is 23.6 Å². The number of rotatable bonds is 10. The van der Waals surface area contributed by atoms with Gasteiger partial charge in [-0.15, -0.1) is 0 Å². The summed E-state index contributed by atoms with van der Waals surface area (Å²) in [5.74, 6) is -0.527. The van der Waals surface area contributed by atoms with Crippen LogP contribution in [-0.4, -0.2) is 18.4 Å². The minimum atomic E-state index is -4.51. The molecule has 2 amide bonds. The lowest BCUT2D eigenvalue weighted by molar-refractivity contribution is -0.137. The molecule has 3 aromatic carbocycles. The molecule has 0 aliphatic carbocycles. The van der Waals surface area contributed by atoms with Gasteiger partial charge in [0.25, 0.3) is 11.8 Å². The van der Waals surface area contributed by atoms with Gasteiger partial charge in [-0.25, -0.2) is 0 Å². The van der Waals surface area contributed by atoms with Gasteiger partial charge in [-0.05, 0) is 55.0 Å². The van der Waals surface area contributed by atoms with Gasteiger partial charge in [0.05, 0.1) is 17.7 Å². The number of anilines is 2. The van der Waals surface area contributed by atoms with Gasteiger partial charge in [-0.1, -0.05) is 50.5 Å². The molecule has 3 aromatic rings. The molecule has 3 rings (SSSR count). The number of ether oxygens (including phenoxy) is 1. The molecule has 0 saturated carbocycles. The van der Waals surface area contributed by atoms with Crippen molar-refractivity contribution < 1.29 is 27.5 Å². The van der Waals surface area contributed by atoms with Crippen molar-refractivity contribution in [3.05, 3.63) is 89.5 Å². The van der Waals surface area contributed by atoms with E-state index >= 15 is 0 Å². The van der Waals surface area contributed by atoms with Gasteiger partial charge in [-0.3, -0.25) is 9.59 Å². The Morgan fingerprint density at radius 2 is 1.49 bits per heavy atom. The summed E-state index contributed by atoms with van der Waals surface area (Å²) < 4.78 is 44.6. The first-order valence-corrected chi connectivity index (χ1v) is 11.4. The number of unbranched alkanes of at least 4 members (excludes halogenated alkanes) is 3. The van der Waals surface area contributed by atoms with E-state index in [-0.39, 0.29) is 11.3 Å². The maximum absolute atomic E-state index is 12.9. The number of benzene rings is 3. The van der Waals surface area contributed by atoms with Gasteiger partial charge >= 0.3 is 6.18 Å². The zero-order valence-corrected chi connectivity index (χ0v) is 19.3. The molecular formula is C27H27F3N2O3. The van der Waals surface area contributed by atoms with Crippen LogP contribution in [0.15, 0.2) is 72.8 Å². The van der Waals surface area contributed by atoms with E-state index in [1.54, 1.807) is 36.4 Å². The molecular weight excluding hydrogens is 457 g/mol. The van der Waals surface area contributed by atoms with Crippen molar-refractivity contribution in [1.29, 1.82) is 0 Å². The molecule has 0 fully saturated rings. The van der Waals surface area contributed by atoms with Crippen LogP contribution in [0.3, 0.4) is 0 Å². The highest BCUT2D eigenvalue weighted by atomic mass is 19.4. The number of amides is 2. The summed E-state index contributed by atoms with van der Waals surface area (Å²) in [5.41, 5.74) is 0.0683. The van der Waals surface area contributed by atoms with Crippen molar-refractivity contribution in [2.24, 2.45) is 0 Å². The van der Waals surface area contributed by atoms with Gasteiger partial charge in [-0.2, -0.15) is 13.2 Å². The fourth-order valence-corrected chi connectivity index (χ4v) is 3.40. The topological polar surface area (TPSA) is 67.4 Å². The van der Waals surface area contributed by atoms with E-state index in [2.05, 4.69) is 17.6 Å². The van der Waals surface area contributed by atoms with E-state index in [9.17, 15) is 22.8 Å². The molecule has 0 aliphatic rings. The summed E-state index contributed by atoms with van der Waals surface area (Å²) in [5, 5.41) is 5.21. The second-order valence-electron chi connectivity index (χ2n) is 7.97. The minimum Gasteiger partial charge on any atom is -0.493 e. The summed E-state index contributed by atoms with van der Waals surface area (Å²) in [7, 11) is 0. The third-order valence-corrected chi connectivity index (χ3v) is 5.22. The Kier molecular flexibility index (Phi) is 8.89. The second kappa shape index (κ2) is 12.1. The third kappa shape index (κ3) is 7.60. The number of alkyl halides is 3. The van der Waals surface area contributed by atoms with Crippen molar-refractivity contribution in [2.75, 3.05) is 17.2 Å². The van der Waals surface area contributed by atoms with Crippen molar-refractivity contribution in [3.63, 3.8) is 0 Å². The molecule has 0 aliphatic heterocycles. The highest BCUT2D eigenvalue weighted by Crippen LogP contribution is 2.30. The van der Waals surface area contributed by atoms with Crippen molar-refractivity contribution in [1.82, 2.24) is 0 Å². The fraction of sp³-hybridized carbons (Fsp3) is 0.259. The monoisotopic (exact) mass is 484 g/mol. The highest BCUT2D eigenvalue weighted by molar-refractivity contribution is 6.08. The molecule has 0 unspecified atom stereocenters. The fourth-order valence-electron chi connectivity index (χ4n) is 3.40. The molecule has 0 heterocycles. The Hall–Kier alpha value is -3.81. The third-order valence-electron chi connectivity index (χ3n) is 5.22. The van der Waals surface area contributed by atoms with Gasteiger partial charge in [0.1, 0.15) is 5.75 Å². The van der Waals surface area contributed by atoms with Gasteiger partial charge in [0.15, 0.2) is 0 Å². The molecule has 35 heavy (non-hydrogen) atoms. The van der Waals surface area contributed by atoms with Crippen LogP contribution in [-0.2, 0) is 6.18 Å². The van der Waals surface area contributed by atoms with E-state index in [0.29, 0.717) is 23.6 Å². The highest BCUT2D eigenvalue weighted by Gasteiger charge is 2.30. The summed E-state index contributed by atoms with van der Waals surface area (Å²) in [6.45, 7) is 2.64. The molecule has 2 N–H and O–H groups in total. The summed E-state index contributed by atoms with van der Waals surface area (Å²) in [4.78, 5) is 25.5. The van der Waals surface area contributed by atoms with Crippen LogP contribution < -0.4 is 15.4 Å². The Bertz CT molecular complexity index is 1160. The van der Waals surface area contributed by atoms with Crippen molar-refractivity contribution in [2.45, 2.75) is 38.8 Å². The van der Waals surface area contributed by atoms with E-state index in [0.717, 1.165) is 37.8 Å². The van der Waals surface area contributed by atoms with Crippen LogP contribution in [0.1, 0.15) is 58.9 Å². The molecule has 0 saturated heterocycles. The molecule has 8 heteroatoms. The van der Waals surface area contributed by atoms with Crippen molar-refractivity contribution >= 4 is 23.2 Å². The molecule has 0 bridgehead atoms. The van der Waals surface area contributed by atoms with Crippen LogP contribution in [0, 0.1) is 0 Å². The minimum absolute atomic E-state index is 0.0178. The predicted molar refractivity (Wildman–Crippen MR) is 130 cm³/mol. The van der Waals surface area contributed by atoms with Gasteiger partial charge in [0.2, 0.25) is 0 Å². The molecule has 184 valence electrons. The van der Waals surface area contributed by atoms with Crippen LogP contribution in [0.25, 0.3) is 0 Å². The number of carbonyl (C=O) groups excluding carboxylic acids is 2. The maximum Gasteiger partial charge on any atom is 0.416 e. The number of nitrogens with one attached hydrogen (secondary N) is 2. The van der Waals surface area contributed by atoms with Crippen molar-refractivity contribution in [3.8, 4) is 5.75 Å². The lowest BCUT2D eigenvalue weighted by Gasteiger charge is -2.13. The second-order valence-corrected chi connectivity index (χ2v) is 7.97. The standard InChI is InChI=1S/C27H27F3N2O3/c1-2-3-4-7-16-35-24-15-6-5-14-23(24)26(34)32-21-12-8-10-19(17-21)25(33)31-22-13-9-11-20(18-22)27(28,29)30/h5-6,8-15,17-18H,2-4,7,16H2,1H3,(H,31,33)(H,32,34). The lowest BCUT2D eigenvalue weighted by atomic mass is 10.1. The number of para-hydroxylation sites is 1. The number of hydrogen-bond acceptors (Lipinski definition) is 3. The van der Waals surface area contributed by atoms with Gasteiger partial charge in [0, 0.05) is 16.9 Å². The molecule has 0 radical (unpaired) electrons. The Morgan fingerprint density at radius 1 is 0.800 bits per heavy atom. The smallest absolute Gasteiger partial charge is 0.416 e. The normalized spacial score (nSPS) is 11.1. The Labute approximate surface area is 202 Å².